The monoisotopic (exact) mass is 260 g/mol. The van der Waals surface area contributed by atoms with E-state index in [-0.39, 0.29) is 5.91 Å². The van der Waals surface area contributed by atoms with Crippen LogP contribution in [0.15, 0.2) is 53.6 Å². The van der Waals surface area contributed by atoms with E-state index in [1.54, 1.807) is 30.3 Å². The molecule has 0 atom stereocenters. The average Bonchev–Trinajstić information content (AvgIpc) is 2.43. The van der Waals surface area contributed by atoms with E-state index in [1.807, 2.05) is 0 Å². The minimum atomic E-state index is -0.960. The molecular weight excluding hydrogens is 250 g/mol. The van der Waals surface area contributed by atoms with Crippen LogP contribution < -0.4 is 5.43 Å². The molecule has 1 N–H and O–H groups in total. The summed E-state index contributed by atoms with van der Waals surface area (Å²) in [7, 11) is 0. The normalized spacial score (nSPS) is 10.6. The molecule has 0 saturated heterocycles. The fraction of sp³-hybridized carbons (Fsp3) is 0. The van der Waals surface area contributed by atoms with E-state index in [9.17, 15) is 13.6 Å². The van der Waals surface area contributed by atoms with Crippen molar-refractivity contribution in [3.8, 4) is 0 Å². The molecule has 0 spiro atoms. The molecule has 2 aromatic carbocycles. The summed E-state index contributed by atoms with van der Waals surface area (Å²) in [4.78, 5) is 11.6. The molecule has 1 amide bonds. The molecule has 5 heteroatoms. The predicted molar refractivity (Wildman–Crippen MR) is 67.9 cm³/mol. The lowest BCUT2D eigenvalue weighted by atomic mass is 10.2. The van der Waals surface area contributed by atoms with Crippen molar-refractivity contribution in [2.75, 3.05) is 0 Å². The molecule has 0 aliphatic rings. The molecule has 0 saturated carbocycles. The topological polar surface area (TPSA) is 41.5 Å². The lowest BCUT2D eigenvalue weighted by Crippen LogP contribution is -2.17. The molecule has 0 bridgehead atoms. The second-order valence-corrected chi connectivity index (χ2v) is 3.74. The number of benzene rings is 2. The lowest BCUT2D eigenvalue weighted by molar-refractivity contribution is 0.0955. The van der Waals surface area contributed by atoms with Crippen molar-refractivity contribution >= 4 is 12.1 Å². The Balaban J connectivity index is 2.00. The number of hydrogen-bond donors (Lipinski definition) is 1. The molecular formula is C14H10F2N2O. The predicted octanol–water partition coefficient (Wildman–Crippen LogP) is 2.73. The fourth-order valence-electron chi connectivity index (χ4n) is 1.41. The van der Waals surface area contributed by atoms with Gasteiger partial charge in [-0.05, 0) is 29.8 Å². The number of carbonyl (C=O) groups is 1. The maximum atomic E-state index is 12.9. The number of carbonyl (C=O) groups excluding carboxylic acids is 1. The highest BCUT2D eigenvalue weighted by molar-refractivity contribution is 5.94. The van der Waals surface area contributed by atoms with Gasteiger partial charge in [0, 0.05) is 5.56 Å². The number of amides is 1. The maximum Gasteiger partial charge on any atom is 0.271 e. The van der Waals surface area contributed by atoms with Gasteiger partial charge in [-0.3, -0.25) is 4.79 Å². The number of hydrogen-bond acceptors (Lipinski definition) is 2. The van der Waals surface area contributed by atoms with Crippen molar-refractivity contribution in [3.63, 3.8) is 0 Å². The summed E-state index contributed by atoms with van der Waals surface area (Å²) < 4.78 is 25.6. The van der Waals surface area contributed by atoms with Crippen LogP contribution in [0.25, 0.3) is 0 Å². The first-order valence-corrected chi connectivity index (χ1v) is 5.50. The van der Waals surface area contributed by atoms with Gasteiger partial charge in [0.1, 0.15) is 0 Å². The van der Waals surface area contributed by atoms with E-state index < -0.39 is 11.6 Å². The number of hydrazone groups is 1. The average molecular weight is 260 g/mol. The van der Waals surface area contributed by atoms with E-state index in [4.69, 9.17) is 0 Å². The Morgan fingerprint density at radius 3 is 2.47 bits per heavy atom. The summed E-state index contributed by atoms with van der Waals surface area (Å²) in [5, 5.41) is 3.68. The van der Waals surface area contributed by atoms with Crippen LogP contribution in [-0.4, -0.2) is 12.1 Å². The third-order valence-electron chi connectivity index (χ3n) is 2.36. The third-order valence-corrected chi connectivity index (χ3v) is 2.36. The van der Waals surface area contributed by atoms with Crippen LogP contribution in [0.2, 0.25) is 0 Å². The highest BCUT2D eigenvalue weighted by Crippen LogP contribution is 2.06. The van der Waals surface area contributed by atoms with Crippen molar-refractivity contribution in [1.29, 1.82) is 0 Å². The molecule has 2 rings (SSSR count). The van der Waals surface area contributed by atoms with Gasteiger partial charge in [-0.15, -0.1) is 0 Å². The Labute approximate surface area is 108 Å². The van der Waals surface area contributed by atoms with Crippen LogP contribution in [-0.2, 0) is 0 Å². The summed E-state index contributed by atoms with van der Waals surface area (Å²) in [5.41, 5.74) is 3.11. The Morgan fingerprint density at radius 1 is 1.05 bits per heavy atom. The van der Waals surface area contributed by atoms with Crippen LogP contribution in [0.1, 0.15) is 15.9 Å². The smallest absolute Gasteiger partial charge is 0.267 e. The summed E-state index contributed by atoms with van der Waals surface area (Å²) in [6.07, 6.45) is 1.24. The summed E-state index contributed by atoms with van der Waals surface area (Å²) in [6, 6.07) is 11.9. The van der Waals surface area contributed by atoms with Crippen molar-refractivity contribution in [1.82, 2.24) is 5.43 Å². The maximum absolute atomic E-state index is 12.9. The largest absolute Gasteiger partial charge is 0.271 e. The van der Waals surface area contributed by atoms with Crippen molar-refractivity contribution in [3.05, 3.63) is 71.3 Å². The number of halogens is 2. The minimum Gasteiger partial charge on any atom is -0.267 e. The first-order chi connectivity index (χ1) is 9.16. The minimum absolute atomic E-state index is 0.354. The standard InChI is InChI=1S/C14H10F2N2O/c15-12-7-6-10(8-13(12)16)9-17-18-14(19)11-4-2-1-3-5-11/h1-9H,(H,18,19)/b17-9+. The summed E-state index contributed by atoms with van der Waals surface area (Å²) in [5.74, 6) is -2.26. The zero-order valence-electron chi connectivity index (χ0n) is 9.81. The van der Waals surface area contributed by atoms with Gasteiger partial charge in [-0.1, -0.05) is 24.3 Å². The Bertz CT molecular complexity index is 612. The first kappa shape index (κ1) is 12.9. The Morgan fingerprint density at radius 2 is 1.79 bits per heavy atom. The molecule has 0 aromatic heterocycles. The van der Waals surface area contributed by atoms with E-state index in [1.165, 1.54) is 12.3 Å². The second kappa shape index (κ2) is 5.86. The van der Waals surface area contributed by atoms with Crippen molar-refractivity contribution in [2.24, 2.45) is 5.10 Å². The summed E-state index contributed by atoms with van der Waals surface area (Å²) >= 11 is 0. The van der Waals surface area contributed by atoms with Gasteiger partial charge in [0.25, 0.3) is 5.91 Å². The molecule has 96 valence electrons. The van der Waals surface area contributed by atoms with Crippen LogP contribution >= 0.6 is 0 Å². The molecule has 0 unspecified atom stereocenters. The molecule has 2 aromatic rings. The highest BCUT2D eigenvalue weighted by atomic mass is 19.2. The van der Waals surface area contributed by atoms with E-state index in [2.05, 4.69) is 10.5 Å². The van der Waals surface area contributed by atoms with Crippen molar-refractivity contribution < 1.29 is 13.6 Å². The third kappa shape index (κ3) is 3.45. The summed E-state index contributed by atoms with van der Waals surface area (Å²) in [6.45, 7) is 0. The van der Waals surface area contributed by atoms with Crippen LogP contribution in [0.4, 0.5) is 8.78 Å². The number of nitrogens with zero attached hydrogens (tertiary/aromatic N) is 1. The zero-order valence-corrected chi connectivity index (χ0v) is 9.81. The zero-order chi connectivity index (χ0) is 13.7. The molecule has 0 fully saturated rings. The van der Waals surface area contributed by atoms with Gasteiger partial charge in [0.2, 0.25) is 0 Å². The fourth-order valence-corrected chi connectivity index (χ4v) is 1.41. The SMILES string of the molecule is O=C(N/N=C/c1ccc(F)c(F)c1)c1ccccc1. The molecule has 0 aliphatic carbocycles. The van der Waals surface area contributed by atoms with Gasteiger partial charge in [-0.2, -0.15) is 5.10 Å². The Kier molecular flexibility index (Phi) is 3.97. The first-order valence-electron chi connectivity index (χ1n) is 5.50. The number of rotatable bonds is 3. The quantitative estimate of drug-likeness (QED) is 0.669. The van der Waals surface area contributed by atoms with Gasteiger partial charge in [-0.25, -0.2) is 14.2 Å². The van der Waals surface area contributed by atoms with Gasteiger partial charge in [0.15, 0.2) is 11.6 Å². The van der Waals surface area contributed by atoms with Crippen LogP contribution in [0.3, 0.4) is 0 Å². The molecule has 3 nitrogen and oxygen atoms in total. The molecule has 19 heavy (non-hydrogen) atoms. The Hall–Kier alpha value is -2.56. The lowest BCUT2D eigenvalue weighted by Gasteiger charge is -1.99. The van der Waals surface area contributed by atoms with Gasteiger partial charge in [0.05, 0.1) is 6.21 Å². The number of nitrogens with one attached hydrogen (secondary N) is 1. The second-order valence-electron chi connectivity index (χ2n) is 3.74. The van der Waals surface area contributed by atoms with Gasteiger partial charge < -0.3 is 0 Å². The van der Waals surface area contributed by atoms with Crippen molar-refractivity contribution in [2.45, 2.75) is 0 Å². The van der Waals surface area contributed by atoms with E-state index in [0.717, 1.165) is 12.1 Å². The van der Waals surface area contributed by atoms with E-state index in [0.29, 0.717) is 11.1 Å². The van der Waals surface area contributed by atoms with Gasteiger partial charge >= 0.3 is 0 Å². The molecule has 0 radical (unpaired) electrons. The molecule has 0 heterocycles. The van der Waals surface area contributed by atoms with Crippen LogP contribution in [0, 0.1) is 11.6 Å². The van der Waals surface area contributed by atoms with E-state index >= 15 is 0 Å². The molecule has 0 aliphatic heterocycles. The van der Waals surface area contributed by atoms with Crippen LogP contribution in [0.5, 0.6) is 0 Å². The highest BCUT2D eigenvalue weighted by Gasteiger charge is 2.02.